The topological polar surface area (TPSA) is 18.5 Å². The van der Waals surface area contributed by atoms with Crippen molar-refractivity contribution in [3.05, 3.63) is 30.2 Å². The second-order valence-corrected chi connectivity index (χ2v) is 4.21. The van der Waals surface area contributed by atoms with Crippen molar-refractivity contribution in [2.75, 3.05) is 13.2 Å². The molecule has 1 aromatic carbocycles. The zero-order valence-corrected chi connectivity index (χ0v) is 10.1. The quantitative estimate of drug-likeness (QED) is 0.754. The van der Waals surface area contributed by atoms with Crippen molar-refractivity contribution in [3.8, 4) is 11.5 Å². The first-order chi connectivity index (χ1) is 7.76. The standard InChI is InChI=1S/C14H19O2/c1-4-15-13-9-12(11-6-7-11)14(16-5-2)8-10(13)3/h8-9,11H,2,4-7H2,1,3H3. The lowest BCUT2D eigenvalue weighted by atomic mass is 10.1. The van der Waals surface area contributed by atoms with Gasteiger partial charge in [0.05, 0.1) is 13.2 Å². The van der Waals surface area contributed by atoms with Crippen LogP contribution in [0.25, 0.3) is 0 Å². The Hall–Kier alpha value is -1.18. The first-order valence-electron chi connectivity index (χ1n) is 5.95. The van der Waals surface area contributed by atoms with Crippen LogP contribution in [0.5, 0.6) is 11.5 Å². The predicted molar refractivity (Wildman–Crippen MR) is 65.2 cm³/mol. The second-order valence-electron chi connectivity index (χ2n) is 4.21. The summed E-state index contributed by atoms with van der Waals surface area (Å²) in [6.45, 7) is 8.99. The fourth-order valence-electron chi connectivity index (χ4n) is 1.94. The van der Waals surface area contributed by atoms with E-state index in [0.717, 1.165) is 17.1 Å². The summed E-state index contributed by atoms with van der Waals surface area (Å²) in [7, 11) is 0. The molecule has 0 saturated heterocycles. The lowest BCUT2D eigenvalue weighted by molar-refractivity contribution is 0.332. The summed E-state index contributed by atoms with van der Waals surface area (Å²) in [5, 5.41) is 0. The van der Waals surface area contributed by atoms with Crippen molar-refractivity contribution in [1.29, 1.82) is 0 Å². The molecule has 0 spiro atoms. The maximum absolute atomic E-state index is 5.62. The molecule has 0 heterocycles. The maximum atomic E-state index is 5.62. The number of aryl methyl sites for hydroxylation is 1. The van der Waals surface area contributed by atoms with Gasteiger partial charge in [0, 0.05) is 5.56 Å². The van der Waals surface area contributed by atoms with Gasteiger partial charge in [-0.15, -0.1) is 0 Å². The smallest absolute Gasteiger partial charge is 0.123 e. The Bertz CT molecular complexity index is 367. The van der Waals surface area contributed by atoms with Crippen molar-refractivity contribution in [2.24, 2.45) is 0 Å². The number of benzene rings is 1. The Kier molecular flexibility index (Phi) is 3.37. The highest BCUT2D eigenvalue weighted by atomic mass is 16.5. The first kappa shape index (κ1) is 11.3. The van der Waals surface area contributed by atoms with Crippen molar-refractivity contribution < 1.29 is 9.47 Å². The largest absolute Gasteiger partial charge is 0.494 e. The average molecular weight is 219 g/mol. The van der Waals surface area contributed by atoms with Crippen LogP contribution in [0.15, 0.2) is 12.1 Å². The molecule has 1 aromatic rings. The molecule has 0 amide bonds. The van der Waals surface area contributed by atoms with Gasteiger partial charge < -0.3 is 9.47 Å². The summed E-state index contributed by atoms with van der Waals surface area (Å²) >= 11 is 0. The van der Waals surface area contributed by atoms with E-state index in [-0.39, 0.29) is 0 Å². The number of rotatable bonds is 5. The third-order valence-electron chi connectivity index (χ3n) is 2.88. The fraction of sp³-hybridized carbons (Fsp3) is 0.500. The van der Waals surface area contributed by atoms with Crippen LogP contribution in [0.3, 0.4) is 0 Å². The molecule has 1 radical (unpaired) electrons. The molecule has 0 atom stereocenters. The van der Waals surface area contributed by atoms with Gasteiger partial charge in [-0.2, -0.15) is 0 Å². The monoisotopic (exact) mass is 219 g/mol. The fourth-order valence-corrected chi connectivity index (χ4v) is 1.94. The van der Waals surface area contributed by atoms with Gasteiger partial charge in [0.1, 0.15) is 11.5 Å². The molecule has 1 fully saturated rings. The SMILES string of the molecule is [CH2]COc1cc(C)c(OCC)cc1C1CC1. The van der Waals surface area contributed by atoms with E-state index in [1.54, 1.807) is 0 Å². The van der Waals surface area contributed by atoms with E-state index in [1.807, 2.05) is 6.92 Å². The predicted octanol–water partition coefficient (Wildman–Crippen LogP) is 3.48. The molecule has 1 aliphatic carbocycles. The van der Waals surface area contributed by atoms with E-state index in [9.17, 15) is 0 Å². The number of hydrogen-bond donors (Lipinski definition) is 0. The van der Waals surface area contributed by atoms with E-state index in [4.69, 9.17) is 9.47 Å². The maximum Gasteiger partial charge on any atom is 0.123 e. The molecule has 0 aliphatic heterocycles. The molecule has 2 nitrogen and oxygen atoms in total. The second kappa shape index (κ2) is 4.77. The molecule has 87 valence electrons. The zero-order chi connectivity index (χ0) is 11.5. The summed E-state index contributed by atoms with van der Waals surface area (Å²) in [6.07, 6.45) is 2.53. The van der Waals surface area contributed by atoms with Crippen LogP contribution in [0.2, 0.25) is 0 Å². The van der Waals surface area contributed by atoms with Crippen molar-refractivity contribution in [3.63, 3.8) is 0 Å². The molecular formula is C14H19O2. The number of ether oxygens (including phenoxy) is 2. The molecule has 2 rings (SSSR count). The summed E-state index contributed by atoms with van der Waals surface area (Å²) in [6, 6.07) is 4.21. The molecule has 16 heavy (non-hydrogen) atoms. The van der Waals surface area contributed by atoms with Crippen LogP contribution in [-0.2, 0) is 0 Å². The van der Waals surface area contributed by atoms with Crippen LogP contribution in [0.1, 0.15) is 36.8 Å². The molecule has 0 unspecified atom stereocenters. The molecular weight excluding hydrogens is 200 g/mol. The third-order valence-corrected chi connectivity index (χ3v) is 2.88. The zero-order valence-electron chi connectivity index (χ0n) is 10.1. The summed E-state index contributed by atoms with van der Waals surface area (Å²) < 4.78 is 11.2. The van der Waals surface area contributed by atoms with Crippen LogP contribution in [0.4, 0.5) is 0 Å². The van der Waals surface area contributed by atoms with Gasteiger partial charge in [-0.05, 0) is 57.2 Å². The van der Waals surface area contributed by atoms with E-state index in [1.165, 1.54) is 18.4 Å². The molecule has 0 aromatic heterocycles. The van der Waals surface area contributed by atoms with Crippen LogP contribution in [-0.4, -0.2) is 13.2 Å². The molecule has 2 heteroatoms. The molecule has 1 aliphatic rings. The van der Waals surface area contributed by atoms with E-state index >= 15 is 0 Å². The van der Waals surface area contributed by atoms with E-state index in [0.29, 0.717) is 19.1 Å². The van der Waals surface area contributed by atoms with Crippen molar-refractivity contribution in [2.45, 2.75) is 32.6 Å². The molecule has 0 bridgehead atoms. The van der Waals surface area contributed by atoms with Crippen LogP contribution in [0, 0.1) is 13.8 Å². The Balaban J connectivity index is 2.33. The highest BCUT2D eigenvalue weighted by Crippen LogP contribution is 2.46. The highest BCUT2D eigenvalue weighted by Gasteiger charge is 2.27. The summed E-state index contributed by atoms with van der Waals surface area (Å²) in [4.78, 5) is 0. The lowest BCUT2D eigenvalue weighted by Crippen LogP contribution is -2.00. The minimum Gasteiger partial charge on any atom is -0.494 e. The van der Waals surface area contributed by atoms with Gasteiger partial charge in [-0.1, -0.05) is 0 Å². The van der Waals surface area contributed by atoms with Gasteiger partial charge in [-0.25, -0.2) is 0 Å². The lowest BCUT2D eigenvalue weighted by Gasteiger charge is -2.14. The number of hydrogen-bond acceptors (Lipinski definition) is 2. The minimum absolute atomic E-state index is 0.479. The Morgan fingerprint density at radius 2 is 2.00 bits per heavy atom. The van der Waals surface area contributed by atoms with Crippen molar-refractivity contribution >= 4 is 0 Å². The van der Waals surface area contributed by atoms with Crippen LogP contribution < -0.4 is 9.47 Å². The Labute approximate surface area is 97.6 Å². The average Bonchev–Trinajstić information content (AvgIpc) is 3.06. The first-order valence-corrected chi connectivity index (χ1v) is 5.95. The summed E-state index contributed by atoms with van der Waals surface area (Å²) in [5.41, 5.74) is 2.42. The van der Waals surface area contributed by atoms with Gasteiger partial charge in [0.2, 0.25) is 0 Å². The minimum atomic E-state index is 0.479. The third kappa shape index (κ3) is 2.31. The molecule has 1 saturated carbocycles. The van der Waals surface area contributed by atoms with Gasteiger partial charge in [0.25, 0.3) is 0 Å². The molecule has 0 N–H and O–H groups in total. The van der Waals surface area contributed by atoms with Crippen LogP contribution >= 0.6 is 0 Å². The van der Waals surface area contributed by atoms with Gasteiger partial charge in [0.15, 0.2) is 0 Å². The summed E-state index contributed by atoms with van der Waals surface area (Å²) in [5.74, 6) is 2.64. The normalized spacial score (nSPS) is 14.9. The van der Waals surface area contributed by atoms with Gasteiger partial charge >= 0.3 is 0 Å². The van der Waals surface area contributed by atoms with E-state index < -0.39 is 0 Å². The van der Waals surface area contributed by atoms with E-state index in [2.05, 4.69) is 26.0 Å². The van der Waals surface area contributed by atoms with Gasteiger partial charge in [-0.3, -0.25) is 0 Å². The highest BCUT2D eigenvalue weighted by molar-refractivity contribution is 5.48. The van der Waals surface area contributed by atoms with Crippen molar-refractivity contribution in [1.82, 2.24) is 0 Å². The Morgan fingerprint density at radius 1 is 1.25 bits per heavy atom. The Morgan fingerprint density at radius 3 is 2.56 bits per heavy atom.